The average molecular weight is 397 g/mol. The smallest absolute Gasteiger partial charge is 0.271 e. The molecule has 0 atom stereocenters. The second-order valence-corrected chi connectivity index (χ2v) is 6.92. The molecule has 1 aliphatic heterocycles. The van der Waals surface area contributed by atoms with Crippen LogP contribution in [0.25, 0.3) is 11.1 Å². The molecule has 3 N–H and O–H groups in total. The zero-order chi connectivity index (χ0) is 20.6. The molecule has 0 spiro atoms. The van der Waals surface area contributed by atoms with Crippen LogP contribution in [0.15, 0.2) is 47.5 Å². The van der Waals surface area contributed by atoms with Crippen LogP contribution in [0, 0.1) is 0 Å². The van der Waals surface area contributed by atoms with Gasteiger partial charge in [-0.15, -0.1) is 0 Å². The highest BCUT2D eigenvalue weighted by Crippen LogP contribution is 2.23. The zero-order valence-electron chi connectivity index (χ0n) is 16.8. The summed E-state index contributed by atoms with van der Waals surface area (Å²) in [6.07, 6.45) is 8.37. The zero-order valence-corrected chi connectivity index (χ0v) is 16.8. The van der Waals surface area contributed by atoms with E-state index in [2.05, 4.69) is 20.6 Å². The SMILES string of the molecule is CNCC=CC(=O)N1CCC(Nc2cc(-c3ccnc(OC)c3)c[nH]c2=O)CC1. The molecule has 8 heteroatoms. The first-order valence-electron chi connectivity index (χ1n) is 9.70. The summed E-state index contributed by atoms with van der Waals surface area (Å²) < 4.78 is 5.17. The number of carbonyl (C=O) groups excluding carboxylic acids is 1. The fourth-order valence-corrected chi connectivity index (χ4v) is 3.31. The molecule has 154 valence electrons. The van der Waals surface area contributed by atoms with Gasteiger partial charge in [0.1, 0.15) is 5.69 Å². The van der Waals surface area contributed by atoms with Gasteiger partial charge in [0.2, 0.25) is 11.8 Å². The fraction of sp³-hybridized carbons (Fsp3) is 0.381. The minimum absolute atomic E-state index is 0.0326. The summed E-state index contributed by atoms with van der Waals surface area (Å²) in [4.78, 5) is 33.2. The molecule has 1 amide bonds. The van der Waals surface area contributed by atoms with Gasteiger partial charge in [0.15, 0.2) is 0 Å². The molecule has 8 nitrogen and oxygen atoms in total. The summed E-state index contributed by atoms with van der Waals surface area (Å²) in [6.45, 7) is 2.01. The Kier molecular flexibility index (Phi) is 7.02. The molecule has 3 heterocycles. The van der Waals surface area contributed by atoms with E-state index in [0.717, 1.165) is 24.0 Å². The number of likely N-dealkylation sites (N-methyl/N-ethyl adjacent to an activating group) is 1. The Hall–Kier alpha value is -3.13. The average Bonchev–Trinajstić information content (AvgIpc) is 2.76. The lowest BCUT2D eigenvalue weighted by atomic mass is 10.0. The van der Waals surface area contributed by atoms with Gasteiger partial charge in [-0.25, -0.2) is 4.98 Å². The van der Waals surface area contributed by atoms with Crippen LogP contribution >= 0.6 is 0 Å². The van der Waals surface area contributed by atoms with Crippen molar-refractivity contribution in [2.75, 3.05) is 39.1 Å². The third-order valence-corrected chi connectivity index (χ3v) is 4.93. The topological polar surface area (TPSA) is 99.3 Å². The quantitative estimate of drug-likeness (QED) is 0.614. The molecule has 0 aromatic carbocycles. The number of ether oxygens (including phenoxy) is 1. The number of amides is 1. The van der Waals surface area contributed by atoms with E-state index in [4.69, 9.17) is 4.74 Å². The number of nitrogens with one attached hydrogen (secondary N) is 3. The number of hydrogen-bond donors (Lipinski definition) is 3. The molecular formula is C21H27N5O3. The normalized spacial score (nSPS) is 14.9. The summed E-state index contributed by atoms with van der Waals surface area (Å²) in [5.74, 6) is 0.550. The minimum Gasteiger partial charge on any atom is -0.481 e. The number of aromatic amines is 1. The summed E-state index contributed by atoms with van der Waals surface area (Å²) in [7, 11) is 3.41. The van der Waals surface area contributed by atoms with Gasteiger partial charge in [-0.3, -0.25) is 9.59 Å². The first-order valence-corrected chi connectivity index (χ1v) is 9.70. The first kappa shape index (κ1) is 20.6. The Bertz CT molecular complexity index is 917. The molecule has 0 radical (unpaired) electrons. The number of nitrogens with zero attached hydrogens (tertiary/aromatic N) is 2. The summed E-state index contributed by atoms with van der Waals surface area (Å²) >= 11 is 0. The molecule has 2 aromatic rings. The molecule has 1 fully saturated rings. The second-order valence-electron chi connectivity index (χ2n) is 6.92. The van der Waals surface area contributed by atoms with Crippen molar-refractivity contribution in [2.24, 2.45) is 0 Å². The van der Waals surface area contributed by atoms with Crippen molar-refractivity contribution in [3.8, 4) is 17.0 Å². The Morgan fingerprint density at radius 2 is 2.14 bits per heavy atom. The molecule has 3 rings (SSSR count). The highest BCUT2D eigenvalue weighted by molar-refractivity contribution is 5.87. The van der Waals surface area contributed by atoms with Crippen LogP contribution in [0.1, 0.15) is 12.8 Å². The largest absolute Gasteiger partial charge is 0.481 e. The maximum Gasteiger partial charge on any atom is 0.271 e. The highest BCUT2D eigenvalue weighted by Gasteiger charge is 2.22. The number of rotatable bonds is 7. The lowest BCUT2D eigenvalue weighted by molar-refractivity contribution is -0.126. The number of anilines is 1. The highest BCUT2D eigenvalue weighted by atomic mass is 16.5. The van der Waals surface area contributed by atoms with Crippen LogP contribution < -0.4 is 20.9 Å². The van der Waals surface area contributed by atoms with Crippen LogP contribution in [-0.4, -0.2) is 60.6 Å². The molecule has 1 aliphatic rings. The fourth-order valence-electron chi connectivity index (χ4n) is 3.31. The van der Waals surface area contributed by atoms with Crippen molar-refractivity contribution in [2.45, 2.75) is 18.9 Å². The van der Waals surface area contributed by atoms with Gasteiger partial charge in [0.25, 0.3) is 5.56 Å². The van der Waals surface area contributed by atoms with Gasteiger partial charge in [-0.2, -0.15) is 0 Å². The Balaban J connectivity index is 1.64. The van der Waals surface area contributed by atoms with E-state index < -0.39 is 0 Å². The monoisotopic (exact) mass is 397 g/mol. The van der Waals surface area contributed by atoms with Gasteiger partial charge in [0, 0.05) is 55.8 Å². The van der Waals surface area contributed by atoms with E-state index in [1.54, 1.807) is 25.6 Å². The predicted octanol–water partition coefficient (Wildman–Crippen LogP) is 1.62. The van der Waals surface area contributed by atoms with Crippen molar-refractivity contribution in [1.82, 2.24) is 20.2 Å². The number of piperidine rings is 1. The standard InChI is InChI=1S/C21H27N5O3/c1-22-8-3-4-20(27)26-10-6-17(7-11-26)25-18-12-16(14-24-21(18)28)15-5-9-23-19(13-15)29-2/h3-5,9,12-14,17,22,25H,6-8,10-11H2,1-2H3,(H,24,28). The molecule has 0 bridgehead atoms. The van der Waals surface area contributed by atoms with Gasteiger partial charge in [-0.05, 0) is 37.6 Å². The number of likely N-dealkylation sites (tertiary alicyclic amines) is 1. The summed E-state index contributed by atoms with van der Waals surface area (Å²) in [6, 6.07) is 5.67. The third-order valence-electron chi connectivity index (χ3n) is 4.93. The number of methoxy groups -OCH3 is 1. The number of carbonyl (C=O) groups is 1. The molecule has 2 aromatic heterocycles. The van der Waals surface area contributed by atoms with E-state index in [1.807, 2.05) is 36.2 Å². The van der Waals surface area contributed by atoms with E-state index in [1.165, 1.54) is 0 Å². The summed E-state index contributed by atoms with van der Waals surface area (Å²) in [5.41, 5.74) is 2.14. The number of hydrogen-bond acceptors (Lipinski definition) is 6. The van der Waals surface area contributed by atoms with E-state index in [-0.39, 0.29) is 17.5 Å². The molecule has 0 unspecified atom stereocenters. The molecule has 0 aliphatic carbocycles. The van der Waals surface area contributed by atoms with Crippen molar-refractivity contribution in [3.63, 3.8) is 0 Å². The van der Waals surface area contributed by atoms with Gasteiger partial charge in [-0.1, -0.05) is 6.08 Å². The van der Waals surface area contributed by atoms with Crippen molar-refractivity contribution in [3.05, 3.63) is 53.1 Å². The predicted molar refractivity (Wildman–Crippen MR) is 113 cm³/mol. The second kappa shape index (κ2) is 9.88. The Labute approximate surface area is 170 Å². The first-order chi connectivity index (χ1) is 14.1. The van der Waals surface area contributed by atoms with Gasteiger partial charge < -0.3 is 25.3 Å². The Morgan fingerprint density at radius 3 is 2.86 bits per heavy atom. The lowest BCUT2D eigenvalue weighted by Crippen LogP contribution is -2.42. The van der Waals surface area contributed by atoms with Crippen LogP contribution in [0.3, 0.4) is 0 Å². The van der Waals surface area contributed by atoms with Crippen molar-refractivity contribution < 1.29 is 9.53 Å². The lowest BCUT2D eigenvalue weighted by Gasteiger charge is -2.32. The number of aromatic nitrogens is 2. The van der Waals surface area contributed by atoms with Crippen LogP contribution in [0.2, 0.25) is 0 Å². The van der Waals surface area contributed by atoms with Crippen LogP contribution in [-0.2, 0) is 4.79 Å². The van der Waals surface area contributed by atoms with E-state index in [0.29, 0.717) is 31.2 Å². The van der Waals surface area contributed by atoms with Crippen molar-refractivity contribution in [1.29, 1.82) is 0 Å². The minimum atomic E-state index is -0.164. The molecular weight excluding hydrogens is 370 g/mol. The van der Waals surface area contributed by atoms with Crippen LogP contribution in [0.5, 0.6) is 5.88 Å². The number of pyridine rings is 2. The van der Waals surface area contributed by atoms with E-state index >= 15 is 0 Å². The van der Waals surface area contributed by atoms with Gasteiger partial charge >= 0.3 is 0 Å². The third kappa shape index (κ3) is 5.45. The van der Waals surface area contributed by atoms with E-state index in [9.17, 15) is 9.59 Å². The molecule has 0 saturated carbocycles. The number of H-pyrrole nitrogens is 1. The maximum absolute atomic E-state index is 12.3. The maximum atomic E-state index is 12.3. The van der Waals surface area contributed by atoms with Gasteiger partial charge in [0.05, 0.1) is 7.11 Å². The van der Waals surface area contributed by atoms with Crippen LogP contribution in [0.4, 0.5) is 5.69 Å². The molecule has 1 saturated heterocycles. The van der Waals surface area contributed by atoms with Crippen molar-refractivity contribution >= 4 is 11.6 Å². The Morgan fingerprint density at radius 1 is 1.34 bits per heavy atom. The summed E-state index contributed by atoms with van der Waals surface area (Å²) in [5, 5.41) is 6.32. The molecule has 29 heavy (non-hydrogen) atoms.